The van der Waals surface area contributed by atoms with Crippen molar-refractivity contribution in [3.63, 3.8) is 0 Å². The van der Waals surface area contributed by atoms with Crippen LogP contribution in [0.4, 0.5) is 11.4 Å². The summed E-state index contributed by atoms with van der Waals surface area (Å²) in [7, 11) is 0. The molecule has 1 heterocycles. The third-order valence-corrected chi connectivity index (χ3v) is 3.28. The molecule has 6 nitrogen and oxygen atoms in total. The van der Waals surface area contributed by atoms with Crippen molar-refractivity contribution in [3.8, 4) is 6.07 Å². The van der Waals surface area contributed by atoms with Crippen molar-refractivity contribution in [1.29, 1.82) is 5.26 Å². The highest BCUT2D eigenvalue weighted by Gasteiger charge is 2.14. The van der Waals surface area contributed by atoms with Crippen molar-refractivity contribution in [2.24, 2.45) is 0 Å². The summed E-state index contributed by atoms with van der Waals surface area (Å²) in [5.74, 6) is -0.504. The third kappa shape index (κ3) is 4.12. The Balaban J connectivity index is 2.09. The van der Waals surface area contributed by atoms with E-state index >= 15 is 0 Å². The first-order valence-corrected chi connectivity index (χ1v) is 6.78. The van der Waals surface area contributed by atoms with Crippen LogP contribution in [0.2, 0.25) is 5.02 Å². The monoisotopic (exact) mass is 306 g/mol. The molecule has 0 atom stereocenters. The summed E-state index contributed by atoms with van der Waals surface area (Å²) in [6.07, 6.45) is 1.54. The Bertz CT molecular complexity index is 603. The van der Waals surface area contributed by atoms with Crippen LogP contribution in [-0.2, 0) is 9.53 Å². The van der Waals surface area contributed by atoms with Gasteiger partial charge in [-0.15, -0.1) is 0 Å². The van der Waals surface area contributed by atoms with Gasteiger partial charge in [-0.25, -0.2) is 0 Å². The predicted molar refractivity (Wildman–Crippen MR) is 80.6 cm³/mol. The first-order valence-electron chi connectivity index (χ1n) is 6.40. The molecule has 0 bridgehead atoms. The van der Waals surface area contributed by atoms with E-state index in [4.69, 9.17) is 27.3 Å². The Kier molecular flexibility index (Phi) is 5.04. The second-order valence-electron chi connectivity index (χ2n) is 4.50. The molecule has 7 heteroatoms. The molecule has 0 aliphatic carbocycles. The molecule has 0 aromatic heterocycles. The number of halogens is 1. The lowest BCUT2D eigenvalue weighted by atomic mass is 10.2. The molecule has 1 aliphatic rings. The highest BCUT2D eigenvalue weighted by atomic mass is 35.5. The standard InChI is InChI=1S/C14H15ClN4O2/c15-12-7-11(17)1-2-13(12)18-14(20)10(8-16)9-19-3-5-21-6-4-19/h1-2,7,9H,3-6,17H2,(H,18,20)/b10-9-. The summed E-state index contributed by atoms with van der Waals surface area (Å²) in [5, 5.41) is 12.1. The average Bonchev–Trinajstić information content (AvgIpc) is 2.48. The number of nitrogens with one attached hydrogen (secondary N) is 1. The van der Waals surface area contributed by atoms with Crippen molar-refractivity contribution >= 4 is 28.9 Å². The third-order valence-electron chi connectivity index (χ3n) is 2.96. The number of hydrogen-bond acceptors (Lipinski definition) is 5. The van der Waals surface area contributed by atoms with Crippen molar-refractivity contribution in [3.05, 3.63) is 35.0 Å². The first kappa shape index (κ1) is 15.2. The molecule has 110 valence electrons. The molecule has 0 spiro atoms. The summed E-state index contributed by atoms with van der Waals surface area (Å²) < 4.78 is 5.21. The van der Waals surface area contributed by atoms with Gasteiger partial charge in [0.2, 0.25) is 0 Å². The van der Waals surface area contributed by atoms with Crippen molar-refractivity contribution < 1.29 is 9.53 Å². The van der Waals surface area contributed by atoms with Crippen LogP contribution in [0.1, 0.15) is 0 Å². The topological polar surface area (TPSA) is 91.4 Å². The summed E-state index contributed by atoms with van der Waals surface area (Å²) >= 11 is 5.99. The summed E-state index contributed by atoms with van der Waals surface area (Å²) in [5.41, 5.74) is 6.52. The maximum Gasteiger partial charge on any atom is 0.267 e. The van der Waals surface area contributed by atoms with E-state index in [1.165, 1.54) is 6.07 Å². The molecule has 0 radical (unpaired) electrons. The second-order valence-corrected chi connectivity index (χ2v) is 4.90. The first-order chi connectivity index (χ1) is 10.1. The Morgan fingerprint density at radius 2 is 2.19 bits per heavy atom. The van der Waals surface area contributed by atoms with Crippen molar-refractivity contribution in [2.75, 3.05) is 37.4 Å². The van der Waals surface area contributed by atoms with Gasteiger partial charge < -0.3 is 20.7 Å². The van der Waals surface area contributed by atoms with Crippen LogP contribution in [0.3, 0.4) is 0 Å². The van der Waals surface area contributed by atoms with Crippen LogP contribution in [0.15, 0.2) is 30.0 Å². The molecule has 1 saturated heterocycles. The fourth-order valence-corrected chi connectivity index (χ4v) is 2.09. The molecule has 21 heavy (non-hydrogen) atoms. The van der Waals surface area contributed by atoms with E-state index in [0.717, 1.165) is 0 Å². The number of nitrogens with two attached hydrogens (primary N) is 1. The van der Waals surface area contributed by atoms with Crippen LogP contribution < -0.4 is 11.1 Å². The SMILES string of the molecule is N#C/C(=C/N1CCOCC1)C(=O)Nc1ccc(N)cc1Cl. The van der Waals surface area contributed by atoms with Crippen LogP contribution in [0.5, 0.6) is 0 Å². The number of nitrogens with zero attached hydrogens (tertiary/aromatic N) is 2. The van der Waals surface area contributed by atoms with Gasteiger partial charge in [-0.05, 0) is 18.2 Å². The number of hydrogen-bond donors (Lipinski definition) is 2. The van der Waals surface area contributed by atoms with Gasteiger partial charge in [-0.2, -0.15) is 5.26 Å². The van der Waals surface area contributed by atoms with Gasteiger partial charge in [0.05, 0.1) is 23.9 Å². The van der Waals surface area contributed by atoms with Crippen LogP contribution in [0, 0.1) is 11.3 Å². The fraction of sp³-hybridized carbons (Fsp3) is 0.286. The normalized spacial score (nSPS) is 15.4. The molecule has 3 N–H and O–H groups in total. The molecule has 1 aromatic rings. The summed E-state index contributed by atoms with van der Waals surface area (Å²) in [4.78, 5) is 14.0. The average molecular weight is 307 g/mol. The number of rotatable bonds is 3. The van der Waals surface area contributed by atoms with Gasteiger partial charge in [-0.1, -0.05) is 11.6 Å². The lowest BCUT2D eigenvalue weighted by Crippen LogP contribution is -2.33. The maximum atomic E-state index is 12.1. The molecule has 0 saturated carbocycles. The second kappa shape index (κ2) is 6.97. The fourth-order valence-electron chi connectivity index (χ4n) is 1.85. The zero-order chi connectivity index (χ0) is 15.2. The number of carbonyl (C=O) groups excluding carboxylic acids is 1. The van der Waals surface area contributed by atoms with Gasteiger partial charge in [-0.3, -0.25) is 4.79 Å². The summed E-state index contributed by atoms with van der Waals surface area (Å²) in [6.45, 7) is 2.48. The number of benzene rings is 1. The largest absolute Gasteiger partial charge is 0.399 e. The molecule has 1 aromatic carbocycles. The number of morpholine rings is 1. The van der Waals surface area contributed by atoms with E-state index in [-0.39, 0.29) is 5.57 Å². The van der Waals surface area contributed by atoms with Crippen LogP contribution in [0.25, 0.3) is 0 Å². The Labute approximate surface area is 127 Å². The molecular formula is C14H15ClN4O2. The Morgan fingerprint density at radius 1 is 1.48 bits per heavy atom. The molecule has 1 fully saturated rings. The zero-order valence-corrected chi connectivity index (χ0v) is 12.1. The van der Waals surface area contributed by atoms with E-state index in [2.05, 4.69) is 5.32 Å². The van der Waals surface area contributed by atoms with Gasteiger partial charge in [0.25, 0.3) is 5.91 Å². The van der Waals surface area contributed by atoms with E-state index in [1.807, 2.05) is 11.0 Å². The van der Waals surface area contributed by atoms with E-state index in [9.17, 15) is 4.79 Å². The van der Waals surface area contributed by atoms with E-state index in [1.54, 1.807) is 18.3 Å². The van der Waals surface area contributed by atoms with E-state index < -0.39 is 5.91 Å². The van der Waals surface area contributed by atoms with Gasteiger partial charge >= 0.3 is 0 Å². The number of amides is 1. The number of nitriles is 1. The van der Waals surface area contributed by atoms with E-state index in [0.29, 0.717) is 42.7 Å². The van der Waals surface area contributed by atoms with Crippen molar-refractivity contribution in [2.45, 2.75) is 0 Å². The van der Waals surface area contributed by atoms with Crippen LogP contribution in [-0.4, -0.2) is 37.1 Å². The molecule has 2 rings (SSSR count). The summed E-state index contributed by atoms with van der Waals surface area (Å²) in [6, 6.07) is 6.66. The lowest BCUT2D eigenvalue weighted by molar-refractivity contribution is -0.112. The van der Waals surface area contributed by atoms with Crippen molar-refractivity contribution in [1.82, 2.24) is 4.90 Å². The molecular weight excluding hydrogens is 292 g/mol. The highest BCUT2D eigenvalue weighted by Crippen LogP contribution is 2.24. The predicted octanol–water partition coefficient (Wildman–Crippen LogP) is 1.60. The maximum absolute atomic E-state index is 12.1. The Morgan fingerprint density at radius 3 is 2.81 bits per heavy atom. The quantitative estimate of drug-likeness (QED) is 0.503. The Hall–Kier alpha value is -2.23. The van der Waals surface area contributed by atoms with Gasteiger partial charge in [0, 0.05) is 25.0 Å². The highest BCUT2D eigenvalue weighted by molar-refractivity contribution is 6.34. The van der Waals surface area contributed by atoms with Gasteiger partial charge in [0.1, 0.15) is 11.6 Å². The minimum Gasteiger partial charge on any atom is -0.399 e. The molecule has 1 amide bonds. The molecule has 1 aliphatic heterocycles. The lowest BCUT2D eigenvalue weighted by Gasteiger charge is -2.25. The number of carbonyl (C=O) groups is 1. The number of nitrogen functional groups attached to an aromatic ring is 1. The minimum atomic E-state index is -0.504. The number of anilines is 2. The van der Waals surface area contributed by atoms with Crippen LogP contribution >= 0.6 is 11.6 Å². The zero-order valence-electron chi connectivity index (χ0n) is 11.3. The number of ether oxygens (including phenoxy) is 1. The molecule has 0 unspecified atom stereocenters. The smallest absolute Gasteiger partial charge is 0.267 e. The minimum absolute atomic E-state index is 0.0183. The van der Waals surface area contributed by atoms with Gasteiger partial charge in [0.15, 0.2) is 0 Å².